The third kappa shape index (κ3) is 5.06. The van der Waals surface area contributed by atoms with Crippen molar-refractivity contribution >= 4 is 5.91 Å². The molecular formula is C27H40N2O2. The number of nitrogens with zero attached hydrogens (tertiary/aromatic N) is 2. The molecule has 2 unspecified atom stereocenters. The molecule has 3 aliphatic rings. The van der Waals surface area contributed by atoms with Gasteiger partial charge in [-0.25, -0.2) is 0 Å². The van der Waals surface area contributed by atoms with Crippen LogP contribution in [0.15, 0.2) is 35.9 Å². The van der Waals surface area contributed by atoms with Crippen LogP contribution in [0.1, 0.15) is 64.0 Å². The zero-order valence-corrected chi connectivity index (χ0v) is 19.8. The molecule has 2 fully saturated rings. The van der Waals surface area contributed by atoms with Crippen LogP contribution in [0.4, 0.5) is 0 Å². The fourth-order valence-corrected chi connectivity index (χ4v) is 5.84. The molecule has 1 aromatic rings. The molecule has 0 radical (unpaired) electrons. The number of carbonyl (C=O) groups is 1. The molecule has 2 saturated heterocycles. The Morgan fingerprint density at radius 2 is 1.74 bits per heavy atom. The maximum Gasteiger partial charge on any atom is 0.226 e. The van der Waals surface area contributed by atoms with Crippen molar-refractivity contribution in [1.82, 2.24) is 9.80 Å². The molecule has 0 saturated carbocycles. The van der Waals surface area contributed by atoms with Gasteiger partial charge in [0.15, 0.2) is 0 Å². The van der Waals surface area contributed by atoms with E-state index in [0.717, 1.165) is 58.5 Å². The number of rotatable bonds is 7. The van der Waals surface area contributed by atoms with Crippen molar-refractivity contribution in [2.75, 3.05) is 32.8 Å². The predicted octanol–water partition coefficient (Wildman–Crippen LogP) is 4.65. The number of ether oxygens (including phenoxy) is 1. The van der Waals surface area contributed by atoms with Crippen molar-refractivity contribution in [3.63, 3.8) is 0 Å². The summed E-state index contributed by atoms with van der Waals surface area (Å²) in [5.74, 6) is 1.56. The van der Waals surface area contributed by atoms with Gasteiger partial charge in [0.2, 0.25) is 5.91 Å². The van der Waals surface area contributed by atoms with E-state index in [0.29, 0.717) is 29.8 Å². The number of amides is 1. The zero-order valence-electron chi connectivity index (χ0n) is 19.8. The van der Waals surface area contributed by atoms with Crippen molar-refractivity contribution in [3.8, 4) is 0 Å². The standard InChI is InChI=1S/C27H40N2O2/c1-19(2)29(20(3)4)14-11-21-5-7-22(8-6-21)25-10-9-24-17-28(18-26(24)25)27(30)23-12-15-31-16-13-23/h5-9,19-20,23,25-26H,10-18H2,1-4H3. The van der Waals surface area contributed by atoms with Crippen molar-refractivity contribution in [3.05, 3.63) is 47.0 Å². The summed E-state index contributed by atoms with van der Waals surface area (Å²) in [4.78, 5) is 17.7. The van der Waals surface area contributed by atoms with Crippen molar-refractivity contribution in [1.29, 1.82) is 0 Å². The first-order chi connectivity index (χ1) is 14.9. The highest BCUT2D eigenvalue weighted by Gasteiger charge is 2.40. The molecular weight excluding hydrogens is 384 g/mol. The molecule has 0 N–H and O–H groups in total. The van der Waals surface area contributed by atoms with Gasteiger partial charge in [-0.3, -0.25) is 9.69 Å². The first-order valence-corrected chi connectivity index (χ1v) is 12.3. The van der Waals surface area contributed by atoms with E-state index in [-0.39, 0.29) is 5.92 Å². The molecule has 1 amide bonds. The lowest BCUT2D eigenvalue weighted by Crippen LogP contribution is -2.38. The van der Waals surface area contributed by atoms with Gasteiger partial charge >= 0.3 is 0 Å². The Bertz CT molecular complexity index is 769. The number of hydrogen-bond donors (Lipinski definition) is 0. The topological polar surface area (TPSA) is 32.8 Å². The molecule has 2 atom stereocenters. The van der Waals surface area contributed by atoms with Crippen LogP contribution in [0.25, 0.3) is 0 Å². The Labute approximate surface area is 188 Å². The number of allylic oxidation sites excluding steroid dienone is 1. The molecule has 0 aromatic heterocycles. The van der Waals surface area contributed by atoms with Gasteiger partial charge in [0.25, 0.3) is 0 Å². The largest absolute Gasteiger partial charge is 0.381 e. The van der Waals surface area contributed by atoms with Crippen LogP contribution in [0.5, 0.6) is 0 Å². The van der Waals surface area contributed by atoms with Crippen molar-refractivity contribution in [2.45, 2.75) is 71.4 Å². The first kappa shape index (κ1) is 22.5. The van der Waals surface area contributed by atoms with Gasteiger partial charge < -0.3 is 9.64 Å². The van der Waals surface area contributed by atoms with E-state index in [1.165, 1.54) is 16.7 Å². The molecule has 2 heterocycles. The Kier molecular flexibility index (Phi) is 7.18. The highest BCUT2D eigenvalue weighted by Crippen LogP contribution is 2.44. The summed E-state index contributed by atoms with van der Waals surface area (Å²) in [6, 6.07) is 10.5. The van der Waals surface area contributed by atoms with Crippen LogP contribution in [0.3, 0.4) is 0 Å². The smallest absolute Gasteiger partial charge is 0.226 e. The molecule has 1 aromatic carbocycles. The third-order valence-corrected chi connectivity index (χ3v) is 7.66. The Hall–Kier alpha value is -1.65. The summed E-state index contributed by atoms with van der Waals surface area (Å²) < 4.78 is 5.44. The lowest BCUT2D eigenvalue weighted by Gasteiger charge is -2.30. The fourth-order valence-electron chi connectivity index (χ4n) is 5.84. The van der Waals surface area contributed by atoms with E-state index < -0.39 is 0 Å². The van der Waals surface area contributed by atoms with Crippen LogP contribution in [0, 0.1) is 11.8 Å². The number of benzene rings is 1. The minimum atomic E-state index is 0.169. The third-order valence-electron chi connectivity index (χ3n) is 7.66. The molecule has 4 heteroatoms. The van der Waals surface area contributed by atoms with Gasteiger partial charge in [0, 0.05) is 56.8 Å². The van der Waals surface area contributed by atoms with E-state index in [2.05, 4.69) is 67.8 Å². The number of carbonyl (C=O) groups excluding carboxylic acids is 1. The van der Waals surface area contributed by atoms with Crippen LogP contribution in [0.2, 0.25) is 0 Å². The zero-order chi connectivity index (χ0) is 22.0. The van der Waals surface area contributed by atoms with E-state index in [4.69, 9.17) is 4.74 Å². The lowest BCUT2D eigenvalue weighted by molar-refractivity contribution is -0.137. The van der Waals surface area contributed by atoms with Gasteiger partial charge in [0.05, 0.1) is 0 Å². The second kappa shape index (κ2) is 9.87. The lowest BCUT2D eigenvalue weighted by atomic mass is 9.86. The van der Waals surface area contributed by atoms with E-state index in [1.54, 1.807) is 0 Å². The van der Waals surface area contributed by atoms with Crippen molar-refractivity contribution in [2.24, 2.45) is 11.8 Å². The minimum absolute atomic E-state index is 0.169. The fraction of sp³-hybridized carbons (Fsp3) is 0.667. The molecule has 0 spiro atoms. The van der Waals surface area contributed by atoms with E-state index in [9.17, 15) is 4.79 Å². The van der Waals surface area contributed by atoms with E-state index >= 15 is 0 Å². The molecule has 31 heavy (non-hydrogen) atoms. The number of likely N-dealkylation sites (tertiary alicyclic amines) is 1. The summed E-state index contributed by atoms with van der Waals surface area (Å²) in [6.45, 7) is 13.4. The summed E-state index contributed by atoms with van der Waals surface area (Å²) in [5.41, 5.74) is 4.34. The molecule has 4 nitrogen and oxygen atoms in total. The summed E-state index contributed by atoms with van der Waals surface area (Å²) in [6.07, 6.45) is 6.39. The summed E-state index contributed by atoms with van der Waals surface area (Å²) in [5, 5.41) is 0. The number of fused-ring (bicyclic) bond motifs is 1. The van der Waals surface area contributed by atoms with Gasteiger partial charge in [-0.2, -0.15) is 0 Å². The molecule has 1 aliphatic carbocycles. The van der Waals surface area contributed by atoms with Crippen molar-refractivity contribution < 1.29 is 9.53 Å². The van der Waals surface area contributed by atoms with Crippen LogP contribution >= 0.6 is 0 Å². The summed E-state index contributed by atoms with van der Waals surface area (Å²) >= 11 is 0. The average Bonchev–Trinajstić information content (AvgIpc) is 3.35. The van der Waals surface area contributed by atoms with Gasteiger partial charge in [-0.15, -0.1) is 0 Å². The Morgan fingerprint density at radius 3 is 2.39 bits per heavy atom. The highest BCUT2D eigenvalue weighted by molar-refractivity contribution is 5.80. The van der Waals surface area contributed by atoms with Crippen LogP contribution in [-0.2, 0) is 16.0 Å². The number of hydrogen-bond acceptors (Lipinski definition) is 3. The maximum absolute atomic E-state index is 13.0. The Morgan fingerprint density at radius 1 is 1.06 bits per heavy atom. The first-order valence-electron chi connectivity index (χ1n) is 12.3. The molecule has 0 bridgehead atoms. The minimum Gasteiger partial charge on any atom is -0.381 e. The van der Waals surface area contributed by atoms with Crippen LogP contribution < -0.4 is 0 Å². The van der Waals surface area contributed by atoms with E-state index in [1.807, 2.05) is 0 Å². The second-order valence-corrected chi connectivity index (χ2v) is 10.3. The molecule has 170 valence electrons. The summed E-state index contributed by atoms with van der Waals surface area (Å²) in [7, 11) is 0. The monoisotopic (exact) mass is 424 g/mol. The second-order valence-electron chi connectivity index (χ2n) is 10.3. The predicted molar refractivity (Wildman–Crippen MR) is 126 cm³/mol. The molecule has 2 aliphatic heterocycles. The SMILES string of the molecule is CC(C)N(CCc1ccc(C2CC=C3CN(C(=O)C4CCOCC4)CC32)cc1)C(C)C. The average molecular weight is 425 g/mol. The normalized spacial score (nSPS) is 24.4. The maximum atomic E-state index is 13.0. The highest BCUT2D eigenvalue weighted by atomic mass is 16.5. The van der Waals surface area contributed by atoms with Gasteiger partial charge in [-0.05, 0) is 76.0 Å². The quantitative estimate of drug-likeness (QED) is 0.598. The van der Waals surface area contributed by atoms with Gasteiger partial charge in [-0.1, -0.05) is 30.3 Å². The van der Waals surface area contributed by atoms with Crippen LogP contribution in [-0.4, -0.2) is 60.6 Å². The van der Waals surface area contributed by atoms with Gasteiger partial charge in [0.1, 0.15) is 0 Å². The Balaban J connectivity index is 1.35. The molecule has 4 rings (SSSR count).